The topological polar surface area (TPSA) is 57.4 Å². The molecule has 1 heterocycles. The first-order valence-electron chi connectivity index (χ1n) is 4.62. The lowest BCUT2D eigenvalue weighted by Gasteiger charge is -2.05. The number of rotatable bonds is 6. The number of pyridine rings is 1. The number of methoxy groups -OCH3 is 1. The molecule has 0 saturated carbocycles. The van der Waals surface area contributed by atoms with Gasteiger partial charge in [0.15, 0.2) is 0 Å². The minimum absolute atomic E-state index is 0.275. The molecule has 15 heavy (non-hydrogen) atoms. The van der Waals surface area contributed by atoms with Crippen LogP contribution in [0.3, 0.4) is 0 Å². The van der Waals surface area contributed by atoms with Gasteiger partial charge in [-0.1, -0.05) is 18.3 Å². The monoisotopic (exact) mass is 226 g/mol. The van der Waals surface area contributed by atoms with Crippen molar-refractivity contribution in [2.24, 2.45) is 5.73 Å². The van der Waals surface area contributed by atoms with E-state index >= 15 is 0 Å². The summed E-state index contributed by atoms with van der Waals surface area (Å²) in [6.45, 7) is 1.25. The van der Waals surface area contributed by atoms with Gasteiger partial charge in [0.05, 0.1) is 6.61 Å². The van der Waals surface area contributed by atoms with Crippen molar-refractivity contribution in [1.29, 1.82) is 0 Å². The van der Waals surface area contributed by atoms with Gasteiger partial charge in [-0.3, -0.25) is 0 Å². The van der Waals surface area contributed by atoms with Gasteiger partial charge in [-0.05, 0) is 6.07 Å². The Morgan fingerprint density at radius 3 is 2.93 bits per heavy atom. The summed E-state index contributed by atoms with van der Waals surface area (Å²) in [6.07, 6.45) is 0.829. The summed E-state index contributed by atoms with van der Waals surface area (Å²) in [5.41, 5.74) is 6.03. The van der Waals surface area contributed by atoms with Crippen LogP contribution in [0.1, 0.15) is 12.1 Å². The lowest BCUT2D eigenvalue weighted by atomic mass is 10.3. The minimum atomic E-state index is 0.275. The average Bonchev–Trinajstić information content (AvgIpc) is 2.25. The Morgan fingerprint density at radius 2 is 2.27 bits per heavy atom. The highest BCUT2D eigenvalue weighted by molar-refractivity contribution is 7.80. The molecule has 0 unspecified atom stereocenters. The van der Waals surface area contributed by atoms with E-state index in [0.29, 0.717) is 24.8 Å². The van der Waals surface area contributed by atoms with Crippen LogP contribution in [-0.4, -0.2) is 30.3 Å². The number of nitrogens with zero attached hydrogens (tertiary/aromatic N) is 1. The van der Waals surface area contributed by atoms with Crippen molar-refractivity contribution < 1.29 is 9.47 Å². The molecule has 1 aromatic heterocycles. The zero-order valence-electron chi connectivity index (χ0n) is 8.60. The summed E-state index contributed by atoms with van der Waals surface area (Å²) < 4.78 is 10.3. The molecule has 82 valence electrons. The van der Waals surface area contributed by atoms with Crippen molar-refractivity contribution in [2.45, 2.75) is 6.42 Å². The van der Waals surface area contributed by atoms with Gasteiger partial charge < -0.3 is 15.2 Å². The molecule has 0 radical (unpaired) electrons. The predicted molar refractivity (Wildman–Crippen MR) is 62.1 cm³/mol. The van der Waals surface area contributed by atoms with Crippen LogP contribution in [0.4, 0.5) is 0 Å². The van der Waals surface area contributed by atoms with E-state index in [-0.39, 0.29) is 4.99 Å². The Labute approximate surface area is 94.4 Å². The minimum Gasteiger partial charge on any atom is -0.478 e. The lowest BCUT2D eigenvalue weighted by molar-refractivity contribution is 0.170. The first-order chi connectivity index (χ1) is 7.24. The van der Waals surface area contributed by atoms with Gasteiger partial charge in [-0.15, -0.1) is 0 Å². The second-order valence-electron chi connectivity index (χ2n) is 2.92. The van der Waals surface area contributed by atoms with Crippen molar-refractivity contribution in [1.82, 2.24) is 4.98 Å². The molecule has 0 atom stereocenters. The van der Waals surface area contributed by atoms with E-state index in [2.05, 4.69) is 4.98 Å². The third-order valence-corrected chi connectivity index (χ3v) is 1.93. The van der Waals surface area contributed by atoms with Gasteiger partial charge >= 0.3 is 0 Å². The molecule has 0 aliphatic heterocycles. The summed E-state index contributed by atoms with van der Waals surface area (Å²) in [5, 5.41) is 0. The van der Waals surface area contributed by atoms with Crippen LogP contribution in [-0.2, 0) is 4.74 Å². The van der Waals surface area contributed by atoms with Crippen LogP contribution < -0.4 is 10.5 Å². The highest BCUT2D eigenvalue weighted by atomic mass is 32.1. The van der Waals surface area contributed by atoms with E-state index in [9.17, 15) is 0 Å². The molecule has 4 nitrogen and oxygen atoms in total. The first-order valence-corrected chi connectivity index (χ1v) is 5.03. The first kappa shape index (κ1) is 11.9. The van der Waals surface area contributed by atoms with E-state index in [4.69, 9.17) is 27.4 Å². The zero-order chi connectivity index (χ0) is 11.1. The van der Waals surface area contributed by atoms with E-state index in [1.54, 1.807) is 19.2 Å². The highest BCUT2D eigenvalue weighted by Crippen LogP contribution is 2.07. The third kappa shape index (κ3) is 4.22. The highest BCUT2D eigenvalue weighted by Gasteiger charge is 2.00. The van der Waals surface area contributed by atoms with E-state index < -0.39 is 0 Å². The summed E-state index contributed by atoms with van der Waals surface area (Å²) in [5.74, 6) is 0.538. The molecule has 2 N–H and O–H groups in total. The zero-order valence-corrected chi connectivity index (χ0v) is 9.42. The van der Waals surface area contributed by atoms with Crippen molar-refractivity contribution in [2.75, 3.05) is 20.3 Å². The Balaban J connectivity index is 2.47. The van der Waals surface area contributed by atoms with Crippen LogP contribution in [0.25, 0.3) is 0 Å². The number of ether oxygens (including phenoxy) is 2. The van der Waals surface area contributed by atoms with Crippen LogP contribution in [0.15, 0.2) is 18.2 Å². The fraction of sp³-hybridized carbons (Fsp3) is 0.400. The lowest BCUT2D eigenvalue weighted by Crippen LogP contribution is -2.12. The molecule has 5 heteroatoms. The van der Waals surface area contributed by atoms with Gasteiger partial charge in [-0.2, -0.15) is 0 Å². The standard InChI is InChI=1S/C10H14N2O2S/c1-13-6-3-7-14-9-5-2-4-8(12-9)10(11)15/h2,4-5H,3,6-7H2,1H3,(H2,11,15). The second-order valence-corrected chi connectivity index (χ2v) is 3.36. The van der Waals surface area contributed by atoms with Crippen LogP contribution >= 0.6 is 12.2 Å². The molecule has 1 rings (SSSR count). The molecule has 0 bridgehead atoms. The largest absolute Gasteiger partial charge is 0.478 e. The van der Waals surface area contributed by atoms with Crippen molar-refractivity contribution in [3.05, 3.63) is 23.9 Å². The predicted octanol–water partition coefficient (Wildman–Crippen LogP) is 1.13. The fourth-order valence-electron chi connectivity index (χ4n) is 1.01. The van der Waals surface area contributed by atoms with Gasteiger partial charge in [0.1, 0.15) is 10.7 Å². The molecular formula is C10H14N2O2S. The summed E-state index contributed by atoms with van der Waals surface area (Å²) in [4.78, 5) is 4.42. The SMILES string of the molecule is COCCCOc1cccc(C(N)=S)n1. The molecule has 0 aliphatic carbocycles. The van der Waals surface area contributed by atoms with Crippen molar-refractivity contribution >= 4 is 17.2 Å². The molecule has 0 fully saturated rings. The van der Waals surface area contributed by atoms with Crippen LogP contribution in [0, 0.1) is 0 Å². The Kier molecular flexibility index (Phi) is 5.00. The summed E-state index contributed by atoms with van der Waals surface area (Å²) >= 11 is 4.82. The van der Waals surface area contributed by atoms with E-state index in [0.717, 1.165) is 6.42 Å². The van der Waals surface area contributed by atoms with Gasteiger partial charge in [0, 0.05) is 26.2 Å². The number of hydrogen-bond donors (Lipinski definition) is 1. The van der Waals surface area contributed by atoms with Gasteiger partial charge in [0.25, 0.3) is 0 Å². The van der Waals surface area contributed by atoms with Crippen LogP contribution in [0.2, 0.25) is 0 Å². The maximum absolute atomic E-state index is 5.45. The smallest absolute Gasteiger partial charge is 0.213 e. The second kappa shape index (κ2) is 6.31. The summed E-state index contributed by atoms with van der Waals surface area (Å²) in [7, 11) is 1.66. The number of thiocarbonyl (C=S) groups is 1. The number of aromatic nitrogens is 1. The Bertz CT molecular complexity index is 331. The molecule has 0 amide bonds. The maximum Gasteiger partial charge on any atom is 0.213 e. The quantitative estimate of drug-likeness (QED) is 0.582. The molecule has 0 aromatic carbocycles. The third-order valence-electron chi connectivity index (χ3n) is 1.72. The Morgan fingerprint density at radius 1 is 1.47 bits per heavy atom. The van der Waals surface area contributed by atoms with Gasteiger partial charge in [0.2, 0.25) is 5.88 Å². The van der Waals surface area contributed by atoms with Crippen molar-refractivity contribution in [3.63, 3.8) is 0 Å². The molecule has 1 aromatic rings. The normalized spacial score (nSPS) is 9.93. The van der Waals surface area contributed by atoms with Gasteiger partial charge in [-0.25, -0.2) is 4.98 Å². The molecule has 0 spiro atoms. The van der Waals surface area contributed by atoms with E-state index in [1.807, 2.05) is 6.07 Å². The Hall–Kier alpha value is -1.20. The number of nitrogens with two attached hydrogens (primary N) is 1. The van der Waals surface area contributed by atoms with Crippen LogP contribution in [0.5, 0.6) is 5.88 Å². The van der Waals surface area contributed by atoms with E-state index in [1.165, 1.54) is 0 Å². The molecule has 0 saturated heterocycles. The maximum atomic E-state index is 5.45. The molecule has 0 aliphatic rings. The number of hydrogen-bond acceptors (Lipinski definition) is 4. The average molecular weight is 226 g/mol. The van der Waals surface area contributed by atoms with Crippen molar-refractivity contribution in [3.8, 4) is 5.88 Å². The molecular weight excluding hydrogens is 212 g/mol. The fourth-order valence-corrected chi connectivity index (χ4v) is 1.13. The summed E-state index contributed by atoms with van der Waals surface area (Å²) in [6, 6.07) is 5.34.